The summed E-state index contributed by atoms with van der Waals surface area (Å²) in [5.74, 6) is 1.53. The van der Waals surface area contributed by atoms with Crippen LogP contribution in [0.4, 0.5) is 22.7 Å². The number of furan rings is 1. The Bertz CT molecular complexity index is 4870. The molecule has 10 aliphatic rings. The molecule has 5 heterocycles. The monoisotopic (exact) mass is 1250 g/mol. The van der Waals surface area contributed by atoms with Gasteiger partial charge in [-0.3, -0.25) is 0 Å². The van der Waals surface area contributed by atoms with Crippen LogP contribution in [0.2, 0.25) is 0 Å². The van der Waals surface area contributed by atoms with Crippen molar-refractivity contribution < 1.29 is 35.1 Å². The second-order valence-electron chi connectivity index (χ2n) is 25.1. The molecule has 7 heteroatoms. The average molecular weight is 1250 g/mol. The Hall–Kier alpha value is -9.31. The van der Waals surface area contributed by atoms with Crippen LogP contribution in [-0.4, -0.2) is 28.2 Å². The molecule has 8 aromatic carbocycles. The number of allylic oxidation sites excluding steroid dienone is 12. The van der Waals surface area contributed by atoms with Gasteiger partial charge in [-0.05, 0) is 6.07 Å². The van der Waals surface area contributed by atoms with Gasteiger partial charge in [0.1, 0.15) is 5.58 Å². The third-order valence-corrected chi connectivity index (χ3v) is 23.8. The maximum absolute atomic E-state index is 7.87. The summed E-state index contributed by atoms with van der Waals surface area (Å²) in [6.45, 7) is 4.49. The van der Waals surface area contributed by atoms with Gasteiger partial charge in [-0.25, -0.2) is 0 Å². The molecule has 0 N–H and O–H groups in total. The van der Waals surface area contributed by atoms with E-state index in [0.717, 1.165) is 58.4 Å². The fourth-order valence-corrected chi connectivity index (χ4v) is 20.3. The minimum atomic E-state index is -0.834. The van der Waals surface area contributed by atoms with Gasteiger partial charge in [0.15, 0.2) is 0 Å². The van der Waals surface area contributed by atoms with Crippen molar-refractivity contribution in [3.8, 4) is 11.5 Å². The molecule has 88 heavy (non-hydrogen) atoms. The average Bonchev–Trinajstić information content (AvgIpc) is 1.46. The van der Waals surface area contributed by atoms with Crippen LogP contribution in [0.25, 0.3) is 27.5 Å². The first-order valence-corrected chi connectivity index (χ1v) is 33.6. The zero-order valence-corrected chi connectivity index (χ0v) is 51.0. The third kappa shape index (κ3) is 7.22. The first kappa shape index (κ1) is 50.8. The Morgan fingerprint density at radius 2 is 1.31 bits per heavy atom. The molecular formula is C81H61IN3O3-. The molecule has 0 saturated heterocycles. The molecule has 0 amide bonds. The number of halogens is 1. The Kier molecular flexibility index (Phi) is 11.2. The molecule has 4 aliphatic heterocycles. The molecule has 426 valence electrons. The number of fused-ring (bicyclic) bond motifs is 20. The summed E-state index contributed by atoms with van der Waals surface area (Å²) in [6, 6.07) is 70.3. The summed E-state index contributed by atoms with van der Waals surface area (Å²) in [5.41, 5.74) is 24.6. The van der Waals surface area contributed by atoms with Gasteiger partial charge in [0.25, 0.3) is 0 Å². The fraction of sp³-hybridized carbons (Fsp3) is 0.160. The number of ether oxygens (including phenoxy) is 2. The van der Waals surface area contributed by atoms with Gasteiger partial charge in [0, 0.05) is 0 Å². The van der Waals surface area contributed by atoms with Crippen LogP contribution in [0.1, 0.15) is 71.4 Å². The Labute approximate surface area is 523 Å². The topological polar surface area (TPSA) is 41.3 Å². The first-order valence-electron chi connectivity index (χ1n) is 31.3. The SMILES string of the molecule is CC1=CCCC(N(C2=CC3=C(C4=C(C=C(N(c5cccc(C)c5)C5C=C(c6ccccc6)C=CC5)C5c6ccccc6OC45)C34c3ccccc3N3c5c(cccc54)[I-]C4C=CC=CC43)C3Oc4ccccc4C23)c2ccc3oc4ccccc4c3c2)=C1. The van der Waals surface area contributed by atoms with E-state index in [1.165, 1.54) is 105 Å². The number of para-hydroxylation sites is 5. The van der Waals surface area contributed by atoms with Crippen molar-refractivity contribution in [3.05, 3.63) is 337 Å². The number of nitrogens with zero attached hydrogens (tertiary/aromatic N) is 3. The summed E-state index contributed by atoms with van der Waals surface area (Å²) in [6.07, 6.45) is 28.9. The van der Waals surface area contributed by atoms with Crippen molar-refractivity contribution in [3.63, 3.8) is 0 Å². The normalized spacial score (nSPS) is 25.3. The zero-order valence-electron chi connectivity index (χ0n) is 48.9. The fourth-order valence-electron chi connectivity index (χ4n) is 16.9. The number of aryl methyl sites for hydroxylation is 1. The van der Waals surface area contributed by atoms with Crippen LogP contribution in [0.3, 0.4) is 0 Å². The minimum absolute atomic E-state index is 0.0155. The van der Waals surface area contributed by atoms with Gasteiger partial charge >= 0.3 is 462 Å². The van der Waals surface area contributed by atoms with E-state index in [1.807, 2.05) is 0 Å². The summed E-state index contributed by atoms with van der Waals surface area (Å²) < 4.78 is 24.2. The number of rotatable bonds is 7. The Morgan fingerprint density at radius 3 is 2.12 bits per heavy atom. The van der Waals surface area contributed by atoms with Crippen LogP contribution in [0.15, 0.2) is 304 Å². The molecule has 1 aromatic heterocycles. The van der Waals surface area contributed by atoms with Crippen molar-refractivity contribution in [2.24, 2.45) is 0 Å². The Balaban J connectivity index is 0.942. The van der Waals surface area contributed by atoms with Crippen molar-refractivity contribution in [1.29, 1.82) is 0 Å². The molecule has 6 aliphatic carbocycles. The van der Waals surface area contributed by atoms with Gasteiger partial charge in [-0.2, -0.15) is 0 Å². The van der Waals surface area contributed by atoms with E-state index in [9.17, 15) is 0 Å². The molecule has 0 saturated carbocycles. The van der Waals surface area contributed by atoms with Gasteiger partial charge < -0.3 is 4.42 Å². The number of anilines is 4. The third-order valence-electron chi connectivity index (χ3n) is 20.3. The first-order chi connectivity index (χ1) is 43.5. The van der Waals surface area contributed by atoms with E-state index in [0.29, 0.717) is 3.92 Å². The summed E-state index contributed by atoms with van der Waals surface area (Å²) in [5, 5.41) is 2.22. The molecule has 1 spiro atoms. The second kappa shape index (κ2) is 19.3. The standard InChI is InChI=1S/C81H61IN3O3/c1-48-20-16-25-52(42-48)83(54-27-18-24-51(44-54)50-22-4-3-5-23-50)68-46-62-76(79-74(68)57-29-7-14-38-71(57)87-79)77-63(81(62)60-31-9-11-35-66(60)85-67-36-12-10-33-64(67)82-65-34-19-32-61(81)78(65)85)47-69(75-58-30-8-15-39-72(58)88-80(75)77)84(53-26-17-21-49(2)43-53)55-40-41-73-59(45-55)56-28-6-13-37-70(56)86-73/h3-16,18-25,28-47,54,64,67,74-75,79-80H,17,26-27H2,1-2H3/q-1. The Morgan fingerprint density at radius 1 is 0.602 bits per heavy atom. The maximum atomic E-state index is 7.87. The number of alkyl halides is 1. The molecule has 0 radical (unpaired) electrons. The second-order valence-corrected chi connectivity index (χ2v) is 28.4. The van der Waals surface area contributed by atoms with Crippen molar-refractivity contribution in [2.75, 3.05) is 14.7 Å². The molecule has 8 atom stereocenters. The van der Waals surface area contributed by atoms with E-state index in [2.05, 4.69) is 283 Å². The summed E-state index contributed by atoms with van der Waals surface area (Å²) >= 11 is -0.446. The predicted octanol–water partition coefficient (Wildman–Crippen LogP) is 15.3. The summed E-state index contributed by atoms with van der Waals surface area (Å²) in [4.78, 5) is 8.10. The molecule has 6 nitrogen and oxygen atoms in total. The van der Waals surface area contributed by atoms with Gasteiger partial charge in [0.2, 0.25) is 0 Å². The van der Waals surface area contributed by atoms with Crippen molar-refractivity contribution in [1.82, 2.24) is 0 Å². The van der Waals surface area contributed by atoms with E-state index in [1.54, 1.807) is 0 Å². The van der Waals surface area contributed by atoms with E-state index >= 15 is 0 Å². The molecule has 8 unspecified atom stereocenters. The van der Waals surface area contributed by atoms with E-state index in [-0.39, 0.29) is 23.9 Å². The van der Waals surface area contributed by atoms with E-state index < -0.39 is 38.8 Å². The molecule has 0 fully saturated rings. The van der Waals surface area contributed by atoms with Gasteiger partial charge in [-0.1, -0.05) is 48.5 Å². The number of benzene rings is 8. The molecule has 19 rings (SSSR count). The van der Waals surface area contributed by atoms with Crippen LogP contribution >= 0.6 is 0 Å². The predicted molar refractivity (Wildman–Crippen MR) is 351 cm³/mol. The van der Waals surface area contributed by atoms with E-state index in [4.69, 9.17) is 13.9 Å². The van der Waals surface area contributed by atoms with Crippen molar-refractivity contribution in [2.45, 2.75) is 78.6 Å². The van der Waals surface area contributed by atoms with Crippen LogP contribution in [0.5, 0.6) is 11.5 Å². The van der Waals surface area contributed by atoms with Crippen LogP contribution in [-0.2, 0) is 5.41 Å². The van der Waals surface area contributed by atoms with Crippen molar-refractivity contribution >= 4 is 50.3 Å². The zero-order chi connectivity index (χ0) is 57.9. The number of hydrogen-bond acceptors (Lipinski definition) is 6. The van der Waals surface area contributed by atoms with Crippen LogP contribution < -0.4 is 45.4 Å². The van der Waals surface area contributed by atoms with Gasteiger partial charge in [-0.15, -0.1) is 0 Å². The quantitative estimate of drug-likeness (QED) is 0.117. The molecule has 0 bridgehead atoms. The molecule has 9 aromatic rings. The van der Waals surface area contributed by atoms with Gasteiger partial charge in [0.05, 0.1) is 0 Å². The molecular weight excluding hydrogens is 1190 g/mol. The summed E-state index contributed by atoms with van der Waals surface area (Å²) in [7, 11) is 0. The number of hydrogen-bond donors (Lipinski definition) is 0. The van der Waals surface area contributed by atoms with Crippen LogP contribution in [0, 0.1) is 10.5 Å².